The fourth-order valence-electron chi connectivity index (χ4n) is 3.57. The van der Waals surface area contributed by atoms with E-state index in [4.69, 9.17) is 4.98 Å². The fraction of sp³-hybridized carbons (Fsp3) is 0.182. The molecule has 5 heteroatoms. The van der Waals surface area contributed by atoms with Crippen molar-refractivity contribution in [3.63, 3.8) is 0 Å². The van der Waals surface area contributed by atoms with Crippen LogP contribution in [0.5, 0.6) is 0 Å². The molecule has 0 bridgehead atoms. The van der Waals surface area contributed by atoms with Gasteiger partial charge in [0.2, 0.25) is 0 Å². The van der Waals surface area contributed by atoms with Crippen molar-refractivity contribution in [2.24, 2.45) is 0 Å². The first kappa shape index (κ1) is 17.5. The highest BCUT2D eigenvalue weighted by Crippen LogP contribution is 2.37. The van der Waals surface area contributed by atoms with Crippen molar-refractivity contribution in [1.29, 1.82) is 0 Å². The molecule has 27 heavy (non-hydrogen) atoms. The van der Waals surface area contributed by atoms with Gasteiger partial charge in [0.05, 0.1) is 17.8 Å². The molecule has 136 valence electrons. The summed E-state index contributed by atoms with van der Waals surface area (Å²) in [6, 6.07) is 16.3. The molecule has 0 aliphatic heterocycles. The second-order valence-corrected chi connectivity index (χ2v) is 7.85. The highest BCUT2D eigenvalue weighted by Gasteiger charge is 2.22. The Balaban J connectivity index is 1.98. The summed E-state index contributed by atoms with van der Waals surface area (Å²) in [5.74, 6) is -0.830. The molecule has 0 aliphatic rings. The molecule has 4 rings (SSSR count). The molecule has 4 nitrogen and oxygen atoms in total. The largest absolute Gasteiger partial charge is 0.481 e. The van der Waals surface area contributed by atoms with Gasteiger partial charge in [0.1, 0.15) is 0 Å². The Bertz CT molecular complexity index is 1160. The van der Waals surface area contributed by atoms with E-state index in [0.717, 1.165) is 38.0 Å². The van der Waals surface area contributed by atoms with Crippen molar-refractivity contribution < 1.29 is 9.90 Å². The quantitative estimate of drug-likeness (QED) is 0.527. The van der Waals surface area contributed by atoms with Gasteiger partial charge in [0.15, 0.2) is 4.96 Å². The summed E-state index contributed by atoms with van der Waals surface area (Å²) < 4.78 is 2.10. The van der Waals surface area contributed by atoms with Gasteiger partial charge in [-0.15, -0.1) is 11.3 Å². The van der Waals surface area contributed by atoms with Crippen LogP contribution in [0.3, 0.4) is 0 Å². The molecule has 0 atom stereocenters. The molecule has 4 aromatic rings. The second-order valence-electron chi connectivity index (χ2n) is 6.79. The lowest BCUT2D eigenvalue weighted by Crippen LogP contribution is -2.01. The Labute approximate surface area is 161 Å². The normalized spacial score (nSPS) is 11.2. The third-order valence-corrected chi connectivity index (χ3v) is 5.82. The number of imidazole rings is 1. The maximum Gasteiger partial charge on any atom is 0.308 e. The van der Waals surface area contributed by atoms with E-state index in [1.807, 2.05) is 30.3 Å². The number of nitrogens with zero attached hydrogens (tertiary/aromatic N) is 2. The standard InChI is InChI=1S/C22H20N2O2S/c1-13-9-10-17(14(2)11-13)20-15(3)24-21(16-7-5-4-6-8-16)18(12-19(25)26)27-22(24)23-20/h4-11H,12H2,1-3H3,(H,25,26). The number of hydrogen-bond donors (Lipinski definition) is 1. The second kappa shape index (κ2) is 6.67. The summed E-state index contributed by atoms with van der Waals surface area (Å²) in [5, 5.41) is 9.34. The Morgan fingerprint density at radius 3 is 2.52 bits per heavy atom. The van der Waals surface area contributed by atoms with Gasteiger partial charge < -0.3 is 5.11 Å². The van der Waals surface area contributed by atoms with E-state index in [9.17, 15) is 9.90 Å². The molecule has 0 amide bonds. The number of carbonyl (C=O) groups is 1. The van der Waals surface area contributed by atoms with Gasteiger partial charge in [-0.25, -0.2) is 4.98 Å². The van der Waals surface area contributed by atoms with Gasteiger partial charge in [0, 0.05) is 16.1 Å². The first-order valence-corrected chi connectivity index (χ1v) is 9.63. The van der Waals surface area contributed by atoms with Crippen LogP contribution in [0.25, 0.3) is 27.5 Å². The van der Waals surface area contributed by atoms with E-state index in [1.165, 1.54) is 22.5 Å². The van der Waals surface area contributed by atoms with Crippen molar-refractivity contribution in [2.45, 2.75) is 27.2 Å². The minimum Gasteiger partial charge on any atom is -0.481 e. The summed E-state index contributed by atoms with van der Waals surface area (Å²) >= 11 is 1.46. The first-order valence-electron chi connectivity index (χ1n) is 8.81. The molecule has 0 radical (unpaired) electrons. The third-order valence-electron chi connectivity index (χ3n) is 4.78. The van der Waals surface area contributed by atoms with Crippen molar-refractivity contribution in [3.05, 3.63) is 70.2 Å². The lowest BCUT2D eigenvalue weighted by atomic mass is 10.0. The van der Waals surface area contributed by atoms with Gasteiger partial charge >= 0.3 is 5.97 Å². The zero-order valence-electron chi connectivity index (χ0n) is 15.5. The molecule has 0 saturated heterocycles. The zero-order chi connectivity index (χ0) is 19.1. The predicted octanol–water partition coefficient (Wildman–Crippen LogP) is 5.28. The topological polar surface area (TPSA) is 54.6 Å². The smallest absolute Gasteiger partial charge is 0.308 e. The van der Waals surface area contributed by atoms with E-state index in [1.54, 1.807) is 0 Å². The van der Waals surface area contributed by atoms with Crippen LogP contribution in [-0.4, -0.2) is 20.5 Å². The Hall–Kier alpha value is -2.92. The SMILES string of the molecule is Cc1ccc(-c2nc3sc(CC(=O)O)c(-c4ccccc4)n3c2C)c(C)c1. The molecule has 2 aromatic heterocycles. The fourth-order valence-corrected chi connectivity index (χ4v) is 4.75. The predicted molar refractivity (Wildman–Crippen MR) is 109 cm³/mol. The molecule has 2 heterocycles. The number of benzene rings is 2. The van der Waals surface area contributed by atoms with E-state index >= 15 is 0 Å². The lowest BCUT2D eigenvalue weighted by Gasteiger charge is -2.08. The number of hydrogen-bond acceptors (Lipinski definition) is 3. The summed E-state index contributed by atoms with van der Waals surface area (Å²) in [6.45, 7) is 6.24. The molecule has 0 unspecified atom stereocenters. The molecule has 0 fully saturated rings. The molecule has 0 saturated carbocycles. The minimum absolute atomic E-state index is 0.00339. The van der Waals surface area contributed by atoms with Crippen LogP contribution in [0.4, 0.5) is 0 Å². The van der Waals surface area contributed by atoms with Gasteiger partial charge in [-0.2, -0.15) is 0 Å². The number of aromatic nitrogens is 2. The van der Waals surface area contributed by atoms with Crippen LogP contribution in [0.15, 0.2) is 48.5 Å². The van der Waals surface area contributed by atoms with Gasteiger partial charge in [-0.1, -0.05) is 54.1 Å². The van der Waals surface area contributed by atoms with E-state index in [0.29, 0.717) is 0 Å². The molecular weight excluding hydrogens is 356 g/mol. The number of thiazole rings is 1. The number of rotatable bonds is 4. The number of fused-ring (bicyclic) bond motifs is 1. The van der Waals surface area contributed by atoms with Crippen molar-refractivity contribution in [3.8, 4) is 22.5 Å². The number of aryl methyl sites for hydroxylation is 3. The molecule has 0 aliphatic carbocycles. The maximum absolute atomic E-state index is 11.4. The highest BCUT2D eigenvalue weighted by atomic mass is 32.1. The van der Waals surface area contributed by atoms with Crippen molar-refractivity contribution in [1.82, 2.24) is 9.38 Å². The third kappa shape index (κ3) is 3.04. The first-order chi connectivity index (χ1) is 13.0. The van der Waals surface area contributed by atoms with Crippen molar-refractivity contribution in [2.75, 3.05) is 0 Å². The Morgan fingerprint density at radius 2 is 1.85 bits per heavy atom. The Morgan fingerprint density at radius 1 is 1.11 bits per heavy atom. The number of carboxylic acid groups (broad SMARTS) is 1. The monoisotopic (exact) mass is 376 g/mol. The summed E-state index contributed by atoms with van der Waals surface area (Å²) in [5.41, 5.74) is 7.46. The van der Waals surface area contributed by atoms with E-state index in [-0.39, 0.29) is 6.42 Å². The molecule has 1 N–H and O–H groups in total. The average Bonchev–Trinajstić information content (AvgIpc) is 3.12. The molecule has 2 aromatic carbocycles. The number of aliphatic carboxylic acids is 1. The summed E-state index contributed by atoms with van der Waals surface area (Å²) in [6.07, 6.45) is -0.00339. The summed E-state index contributed by atoms with van der Waals surface area (Å²) in [7, 11) is 0. The van der Waals surface area contributed by atoms with Gasteiger partial charge in [0.25, 0.3) is 0 Å². The molecular formula is C22H20N2O2S. The minimum atomic E-state index is -0.830. The zero-order valence-corrected chi connectivity index (χ0v) is 16.3. The van der Waals surface area contributed by atoms with E-state index < -0.39 is 5.97 Å². The van der Waals surface area contributed by atoms with Crippen molar-refractivity contribution >= 4 is 22.3 Å². The van der Waals surface area contributed by atoms with E-state index in [2.05, 4.69) is 43.4 Å². The van der Waals surface area contributed by atoms with Crippen LogP contribution in [0.2, 0.25) is 0 Å². The van der Waals surface area contributed by atoms with Gasteiger partial charge in [-0.05, 0) is 31.9 Å². The molecule has 0 spiro atoms. The van der Waals surface area contributed by atoms with Crippen LogP contribution in [-0.2, 0) is 11.2 Å². The lowest BCUT2D eigenvalue weighted by molar-refractivity contribution is -0.136. The van der Waals surface area contributed by atoms with Gasteiger partial charge in [-0.3, -0.25) is 9.20 Å². The maximum atomic E-state index is 11.4. The van der Waals surface area contributed by atoms with Crippen LogP contribution < -0.4 is 0 Å². The number of carboxylic acids is 1. The van der Waals surface area contributed by atoms with Crippen LogP contribution >= 0.6 is 11.3 Å². The van der Waals surface area contributed by atoms with Crippen LogP contribution in [0.1, 0.15) is 21.7 Å². The Kier molecular flexibility index (Phi) is 4.32. The van der Waals surface area contributed by atoms with Crippen LogP contribution in [0, 0.1) is 20.8 Å². The highest BCUT2D eigenvalue weighted by molar-refractivity contribution is 7.17. The summed E-state index contributed by atoms with van der Waals surface area (Å²) in [4.78, 5) is 17.9. The average molecular weight is 376 g/mol.